The molecule has 5 nitrogen and oxygen atoms in total. The van der Waals surface area contributed by atoms with E-state index in [1.807, 2.05) is 25.3 Å². The van der Waals surface area contributed by atoms with Crippen LogP contribution in [0.1, 0.15) is 26.0 Å². The zero-order valence-corrected chi connectivity index (χ0v) is 12.2. The molecule has 21 heavy (non-hydrogen) atoms. The van der Waals surface area contributed by atoms with E-state index >= 15 is 0 Å². The van der Waals surface area contributed by atoms with Gasteiger partial charge < -0.3 is 14.8 Å². The maximum absolute atomic E-state index is 10.9. The number of carboxylic acid groups (broad SMARTS) is 1. The van der Waals surface area contributed by atoms with Gasteiger partial charge in [-0.2, -0.15) is 0 Å². The van der Waals surface area contributed by atoms with Gasteiger partial charge in [-0.25, -0.2) is 9.78 Å². The van der Waals surface area contributed by atoms with E-state index in [1.54, 1.807) is 23.5 Å². The van der Waals surface area contributed by atoms with Gasteiger partial charge in [0.15, 0.2) is 0 Å². The second kappa shape index (κ2) is 5.67. The lowest BCUT2D eigenvalue weighted by Gasteiger charge is -2.03. The zero-order valence-electron chi connectivity index (χ0n) is 11.4. The number of thiazole rings is 1. The van der Waals surface area contributed by atoms with E-state index in [2.05, 4.69) is 10.3 Å². The number of benzene rings is 1. The molecule has 0 aliphatic rings. The summed E-state index contributed by atoms with van der Waals surface area (Å²) in [7, 11) is 0. The van der Waals surface area contributed by atoms with E-state index in [0.29, 0.717) is 12.1 Å². The molecule has 0 saturated heterocycles. The lowest BCUT2D eigenvalue weighted by molar-refractivity contribution is 0.0665. The molecule has 0 aliphatic heterocycles. The number of carbonyl (C=O) groups is 1. The summed E-state index contributed by atoms with van der Waals surface area (Å²) in [4.78, 5) is 16.3. The lowest BCUT2D eigenvalue weighted by atomic mass is 10.1. The molecular weight excluding hydrogens is 288 g/mol. The van der Waals surface area contributed by atoms with Crippen LogP contribution in [0.3, 0.4) is 0 Å². The Labute approximate surface area is 125 Å². The van der Waals surface area contributed by atoms with Crippen molar-refractivity contribution in [3.8, 4) is 0 Å². The third kappa shape index (κ3) is 3.12. The molecular formula is C15H14N2O3S. The highest BCUT2D eigenvalue weighted by Gasteiger charge is 2.10. The lowest BCUT2D eigenvalue weighted by Crippen LogP contribution is -2.11. The van der Waals surface area contributed by atoms with E-state index < -0.39 is 5.97 Å². The van der Waals surface area contributed by atoms with E-state index in [0.717, 1.165) is 22.5 Å². The van der Waals surface area contributed by atoms with Gasteiger partial charge in [0.1, 0.15) is 5.58 Å². The summed E-state index contributed by atoms with van der Waals surface area (Å²) in [6, 6.07) is 7.22. The monoisotopic (exact) mass is 302 g/mol. The number of furan rings is 1. The topological polar surface area (TPSA) is 75.4 Å². The summed E-state index contributed by atoms with van der Waals surface area (Å²) in [6.45, 7) is 3.47. The highest BCUT2D eigenvalue weighted by atomic mass is 32.1. The van der Waals surface area contributed by atoms with Crippen molar-refractivity contribution in [2.75, 3.05) is 0 Å². The molecule has 108 valence electrons. The fourth-order valence-corrected chi connectivity index (χ4v) is 2.89. The van der Waals surface area contributed by atoms with Crippen LogP contribution in [0.5, 0.6) is 0 Å². The minimum absolute atomic E-state index is 0.0322. The average molecular weight is 302 g/mol. The van der Waals surface area contributed by atoms with E-state index in [-0.39, 0.29) is 5.76 Å². The molecule has 0 fully saturated rings. The molecule has 6 heteroatoms. The second-order valence-corrected chi connectivity index (χ2v) is 6.06. The molecule has 2 aromatic heterocycles. The van der Waals surface area contributed by atoms with E-state index in [4.69, 9.17) is 9.52 Å². The number of aromatic carboxylic acids is 1. The first-order chi connectivity index (χ1) is 10.1. The molecule has 0 aliphatic carbocycles. The van der Waals surface area contributed by atoms with Crippen LogP contribution in [0.4, 0.5) is 0 Å². The Morgan fingerprint density at radius 1 is 1.38 bits per heavy atom. The van der Waals surface area contributed by atoms with Crippen molar-refractivity contribution in [1.82, 2.24) is 10.3 Å². The van der Waals surface area contributed by atoms with Crippen molar-refractivity contribution in [3.05, 3.63) is 51.7 Å². The molecule has 3 aromatic rings. The van der Waals surface area contributed by atoms with Crippen molar-refractivity contribution in [2.45, 2.75) is 20.0 Å². The molecule has 0 saturated carbocycles. The Morgan fingerprint density at radius 3 is 2.95 bits per heavy atom. The largest absolute Gasteiger partial charge is 0.475 e. The number of aromatic nitrogens is 1. The highest BCUT2D eigenvalue weighted by molar-refractivity contribution is 7.11. The van der Waals surface area contributed by atoms with Gasteiger partial charge in [0.05, 0.1) is 5.01 Å². The molecule has 0 radical (unpaired) electrons. The van der Waals surface area contributed by atoms with Crippen molar-refractivity contribution < 1.29 is 14.3 Å². The zero-order chi connectivity index (χ0) is 14.8. The Morgan fingerprint density at radius 2 is 2.24 bits per heavy atom. The summed E-state index contributed by atoms with van der Waals surface area (Å²) in [5.41, 5.74) is 1.68. The second-order valence-electron chi connectivity index (χ2n) is 4.74. The van der Waals surface area contributed by atoms with Crippen molar-refractivity contribution in [3.63, 3.8) is 0 Å². The number of hydrogen-bond donors (Lipinski definition) is 2. The number of carboxylic acids is 1. The molecule has 0 spiro atoms. The van der Waals surface area contributed by atoms with Crippen molar-refractivity contribution >= 4 is 28.3 Å². The summed E-state index contributed by atoms with van der Waals surface area (Å²) >= 11 is 1.68. The number of rotatable bonds is 5. The first-order valence-corrected chi connectivity index (χ1v) is 7.31. The first-order valence-electron chi connectivity index (χ1n) is 6.49. The molecule has 2 heterocycles. The molecule has 3 rings (SSSR count). The van der Waals surface area contributed by atoms with Crippen molar-refractivity contribution in [1.29, 1.82) is 0 Å². The van der Waals surface area contributed by atoms with Gasteiger partial charge >= 0.3 is 5.97 Å². The van der Waals surface area contributed by atoms with Crippen LogP contribution in [-0.2, 0) is 13.1 Å². The Kier molecular flexibility index (Phi) is 3.72. The standard InChI is InChI=1S/C15H14N2O3S/c1-9-17-8-12(21-9)7-16-6-10-2-3-13-11(4-10)5-14(20-13)15(18)19/h2-5,8,16H,6-7H2,1H3,(H,18,19). The SMILES string of the molecule is Cc1ncc(CNCc2ccc3oc(C(=O)O)cc3c2)s1. The number of aryl methyl sites for hydroxylation is 1. The fourth-order valence-electron chi connectivity index (χ4n) is 2.13. The van der Waals surface area contributed by atoms with Gasteiger partial charge in [0.25, 0.3) is 0 Å². The van der Waals surface area contributed by atoms with E-state index in [1.165, 1.54) is 4.88 Å². The normalized spacial score (nSPS) is 11.1. The van der Waals surface area contributed by atoms with Gasteiger partial charge in [-0.1, -0.05) is 6.07 Å². The molecule has 0 unspecified atom stereocenters. The highest BCUT2D eigenvalue weighted by Crippen LogP contribution is 2.21. The number of fused-ring (bicyclic) bond motifs is 1. The van der Waals surface area contributed by atoms with Crippen LogP contribution >= 0.6 is 11.3 Å². The number of nitrogens with zero attached hydrogens (tertiary/aromatic N) is 1. The summed E-state index contributed by atoms with van der Waals surface area (Å²) < 4.78 is 5.23. The van der Waals surface area contributed by atoms with Crippen LogP contribution in [0.15, 0.2) is 34.9 Å². The predicted octanol–water partition coefficient (Wildman–Crippen LogP) is 3.19. The third-order valence-electron chi connectivity index (χ3n) is 3.09. The minimum Gasteiger partial charge on any atom is -0.475 e. The predicted molar refractivity (Wildman–Crippen MR) is 80.6 cm³/mol. The molecule has 2 N–H and O–H groups in total. The van der Waals surface area contributed by atoms with Crippen molar-refractivity contribution in [2.24, 2.45) is 0 Å². The maximum atomic E-state index is 10.9. The third-order valence-corrected chi connectivity index (χ3v) is 4.00. The smallest absolute Gasteiger partial charge is 0.371 e. The average Bonchev–Trinajstić information content (AvgIpc) is 3.04. The van der Waals surface area contributed by atoms with Gasteiger partial charge in [0.2, 0.25) is 5.76 Å². The molecule has 1 aromatic carbocycles. The van der Waals surface area contributed by atoms with Gasteiger partial charge in [0, 0.05) is 29.5 Å². The molecule has 0 bridgehead atoms. The summed E-state index contributed by atoms with van der Waals surface area (Å²) in [6.07, 6.45) is 1.88. The number of hydrogen-bond acceptors (Lipinski definition) is 5. The van der Waals surface area contributed by atoms with Crippen LogP contribution in [0.2, 0.25) is 0 Å². The Balaban J connectivity index is 1.68. The number of nitrogens with one attached hydrogen (secondary N) is 1. The summed E-state index contributed by atoms with van der Waals surface area (Å²) in [5.74, 6) is -1.08. The van der Waals surface area contributed by atoms with Crippen LogP contribution in [0, 0.1) is 6.92 Å². The maximum Gasteiger partial charge on any atom is 0.371 e. The fraction of sp³-hybridized carbons (Fsp3) is 0.200. The van der Waals surface area contributed by atoms with Crippen LogP contribution in [0.25, 0.3) is 11.0 Å². The Hall–Kier alpha value is -2.18. The van der Waals surface area contributed by atoms with Gasteiger partial charge in [-0.05, 0) is 30.7 Å². The van der Waals surface area contributed by atoms with Crippen LogP contribution in [-0.4, -0.2) is 16.1 Å². The molecule has 0 atom stereocenters. The van der Waals surface area contributed by atoms with Gasteiger partial charge in [-0.3, -0.25) is 0 Å². The Bertz CT molecular complexity index is 791. The summed E-state index contributed by atoms with van der Waals surface area (Å²) in [5, 5.41) is 14.1. The van der Waals surface area contributed by atoms with E-state index in [9.17, 15) is 4.79 Å². The first kappa shape index (κ1) is 13.8. The minimum atomic E-state index is -1.05. The van der Waals surface area contributed by atoms with Crippen LogP contribution < -0.4 is 5.32 Å². The molecule has 0 amide bonds. The quantitative estimate of drug-likeness (QED) is 0.757. The van der Waals surface area contributed by atoms with Gasteiger partial charge in [-0.15, -0.1) is 11.3 Å².